The van der Waals surface area contributed by atoms with Gasteiger partial charge in [-0.25, -0.2) is 8.78 Å². The first-order chi connectivity index (χ1) is 11.3. The summed E-state index contributed by atoms with van der Waals surface area (Å²) >= 11 is 0. The fraction of sp³-hybridized carbons (Fsp3) is 0.588. The fourth-order valence-corrected chi connectivity index (χ4v) is 2.78. The van der Waals surface area contributed by atoms with E-state index in [1.807, 2.05) is 14.0 Å². The molecule has 5 nitrogen and oxygen atoms in total. The Kier molecular flexibility index (Phi) is 6.26. The molecule has 2 rings (SSSR count). The molecule has 1 aliphatic heterocycles. The van der Waals surface area contributed by atoms with Crippen molar-refractivity contribution in [3.05, 3.63) is 35.4 Å². The lowest BCUT2D eigenvalue weighted by atomic mass is 10.0. The van der Waals surface area contributed by atoms with Gasteiger partial charge >= 0.3 is 0 Å². The maximum absolute atomic E-state index is 13.3. The van der Waals surface area contributed by atoms with Crippen molar-refractivity contribution in [1.29, 1.82) is 0 Å². The van der Waals surface area contributed by atoms with Crippen LogP contribution < -0.4 is 5.32 Å². The topological polar surface area (TPSA) is 55.8 Å². The van der Waals surface area contributed by atoms with Gasteiger partial charge in [0.2, 0.25) is 5.91 Å². The van der Waals surface area contributed by atoms with E-state index in [1.165, 1.54) is 6.07 Å². The molecule has 2 N–H and O–H groups in total. The summed E-state index contributed by atoms with van der Waals surface area (Å²) in [6.45, 7) is 6.91. The van der Waals surface area contributed by atoms with Crippen molar-refractivity contribution in [2.45, 2.75) is 32.0 Å². The Hall–Kier alpha value is -1.57. The molecule has 0 spiro atoms. The second kappa shape index (κ2) is 8.00. The Balaban J connectivity index is 1.93. The van der Waals surface area contributed by atoms with Crippen LogP contribution in [0.1, 0.15) is 25.5 Å². The molecule has 1 fully saturated rings. The molecule has 24 heavy (non-hydrogen) atoms. The average molecular weight is 341 g/mol. The minimum atomic E-state index is -1.11. The van der Waals surface area contributed by atoms with Crippen molar-refractivity contribution in [1.82, 2.24) is 15.1 Å². The number of aliphatic hydroxyl groups is 1. The average Bonchev–Trinajstić information content (AvgIpc) is 2.56. The van der Waals surface area contributed by atoms with Crippen LogP contribution in [0.5, 0.6) is 0 Å². The van der Waals surface area contributed by atoms with Gasteiger partial charge in [0, 0.05) is 26.2 Å². The first-order valence-corrected chi connectivity index (χ1v) is 8.15. The van der Waals surface area contributed by atoms with Gasteiger partial charge in [-0.05, 0) is 38.6 Å². The van der Waals surface area contributed by atoms with Crippen LogP contribution in [0.2, 0.25) is 0 Å². The van der Waals surface area contributed by atoms with Crippen LogP contribution in [0.15, 0.2) is 18.2 Å². The lowest BCUT2D eigenvalue weighted by Gasteiger charge is -2.36. The molecule has 0 aromatic heterocycles. The lowest BCUT2D eigenvalue weighted by molar-refractivity contribution is -0.128. The Morgan fingerprint density at radius 3 is 2.38 bits per heavy atom. The van der Waals surface area contributed by atoms with E-state index in [0.717, 1.165) is 38.3 Å². The van der Waals surface area contributed by atoms with Crippen LogP contribution >= 0.6 is 0 Å². The van der Waals surface area contributed by atoms with Crippen LogP contribution in [0.25, 0.3) is 0 Å². The molecular formula is C17H25F2N3O2. The van der Waals surface area contributed by atoms with Gasteiger partial charge in [-0.15, -0.1) is 0 Å². The van der Waals surface area contributed by atoms with E-state index in [-0.39, 0.29) is 17.5 Å². The number of hydrogen-bond acceptors (Lipinski definition) is 4. The van der Waals surface area contributed by atoms with E-state index in [0.29, 0.717) is 0 Å². The van der Waals surface area contributed by atoms with Crippen LogP contribution in [0.3, 0.4) is 0 Å². The van der Waals surface area contributed by atoms with Crippen LogP contribution in [0, 0.1) is 11.6 Å². The highest BCUT2D eigenvalue weighted by Crippen LogP contribution is 2.19. The molecule has 1 amide bonds. The van der Waals surface area contributed by atoms with Gasteiger partial charge in [-0.1, -0.05) is 6.07 Å². The molecular weight excluding hydrogens is 316 g/mol. The maximum atomic E-state index is 13.3. The van der Waals surface area contributed by atoms with Crippen molar-refractivity contribution in [3.8, 4) is 0 Å². The zero-order valence-corrected chi connectivity index (χ0v) is 14.3. The summed E-state index contributed by atoms with van der Waals surface area (Å²) in [5, 5.41) is 13.0. The van der Waals surface area contributed by atoms with E-state index >= 15 is 0 Å². The third-order valence-electron chi connectivity index (χ3n) is 4.59. The number of aliphatic hydroxyl groups excluding tert-OH is 1. The zero-order chi connectivity index (χ0) is 17.9. The van der Waals surface area contributed by atoms with E-state index in [2.05, 4.69) is 15.1 Å². The third kappa shape index (κ3) is 4.49. The number of carbonyl (C=O) groups excluding carboxylic acids is 1. The molecule has 3 atom stereocenters. The first kappa shape index (κ1) is 18.8. The minimum Gasteiger partial charge on any atom is -0.386 e. The predicted octanol–water partition coefficient (Wildman–Crippen LogP) is 1.14. The molecule has 3 unspecified atom stereocenters. The summed E-state index contributed by atoms with van der Waals surface area (Å²) in [7, 11) is 2.04. The van der Waals surface area contributed by atoms with Crippen LogP contribution in [-0.2, 0) is 4.79 Å². The summed E-state index contributed by atoms with van der Waals surface area (Å²) in [5.41, 5.74) is 0.231. The molecule has 7 heteroatoms. The maximum Gasteiger partial charge on any atom is 0.237 e. The van der Waals surface area contributed by atoms with E-state index < -0.39 is 23.8 Å². The Morgan fingerprint density at radius 2 is 1.79 bits per heavy atom. The van der Waals surface area contributed by atoms with E-state index in [4.69, 9.17) is 0 Å². The molecule has 1 aliphatic rings. The summed E-state index contributed by atoms with van der Waals surface area (Å²) in [4.78, 5) is 16.7. The minimum absolute atomic E-state index is 0.186. The number of benzene rings is 1. The van der Waals surface area contributed by atoms with Gasteiger partial charge in [-0.2, -0.15) is 0 Å². The van der Waals surface area contributed by atoms with Crippen molar-refractivity contribution < 1.29 is 18.7 Å². The third-order valence-corrected chi connectivity index (χ3v) is 4.59. The SMILES string of the molecule is CC(NC(=O)C(C)N1CCN(C)CC1)C(O)c1ccc(F)c(F)c1. The number of hydrogen-bond donors (Lipinski definition) is 2. The molecule has 0 bridgehead atoms. The number of likely N-dealkylation sites (N-methyl/N-ethyl adjacent to an activating group) is 1. The molecule has 0 radical (unpaired) electrons. The van der Waals surface area contributed by atoms with Gasteiger partial charge in [0.25, 0.3) is 0 Å². The highest BCUT2D eigenvalue weighted by atomic mass is 19.2. The molecule has 1 aromatic rings. The summed E-state index contributed by atoms with van der Waals surface area (Å²) < 4.78 is 26.3. The summed E-state index contributed by atoms with van der Waals surface area (Å²) in [5.74, 6) is -2.17. The molecule has 1 aromatic carbocycles. The van der Waals surface area contributed by atoms with Crippen LogP contribution in [-0.4, -0.2) is 66.1 Å². The Labute approximate surface area is 141 Å². The smallest absolute Gasteiger partial charge is 0.237 e. The molecule has 1 heterocycles. The molecule has 0 aliphatic carbocycles. The summed E-state index contributed by atoms with van der Waals surface area (Å²) in [6, 6.07) is 2.31. The predicted molar refractivity (Wildman–Crippen MR) is 87.5 cm³/mol. The Morgan fingerprint density at radius 1 is 1.17 bits per heavy atom. The van der Waals surface area contributed by atoms with Gasteiger partial charge in [0.15, 0.2) is 11.6 Å². The standard InChI is InChI=1S/C17H25F2N3O2/c1-11(16(23)13-4-5-14(18)15(19)10-13)20-17(24)12(2)22-8-6-21(3)7-9-22/h4-5,10-12,16,23H,6-9H2,1-3H3,(H,20,24). The van der Waals surface area contributed by atoms with Gasteiger partial charge < -0.3 is 15.3 Å². The van der Waals surface area contributed by atoms with Crippen LogP contribution in [0.4, 0.5) is 8.78 Å². The zero-order valence-electron chi connectivity index (χ0n) is 14.3. The molecule has 134 valence electrons. The monoisotopic (exact) mass is 341 g/mol. The second-order valence-electron chi connectivity index (χ2n) is 6.43. The second-order valence-corrected chi connectivity index (χ2v) is 6.43. The lowest BCUT2D eigenvalue weighted by Crippen LogP contribution is -2.54. The summed E-state index contributed by atoms with van der Waals surface area (Å²) in [6.07, 6.45) is -1.11. The number of piperazine rings is 1. The number of amides is 1. The highest BCUT2D eigenvalue weighted by molar-refractivity contribution is 5.81. The molecule has 0 saturated carbocycles. The number of carbonyl (C=O) groups is 1. The van der Waals surface area contributed by atoms with Gasteiger partial charge in [-0.3, -0.25) is 9.69 Å². The highest BCUT2D eigenvalue weighted by Gasteiger charge is 2.27. The van der Waals surface area contributed by atoms with Crippen molar-refractivity contribution >= 4 is 5.91 Å². The fourth-order valence-electron chi connectivity index (χ4n) is 2.78. The van der Waals surface area contributed by atoms with Crippen molar-refractivity contribution in [2.24, 2.45) is 0 Å². The number of nitrogens with one attached hydrogen (secondary N) is 1. The molecule has 1 saturated heterocycles. The van der Waals surface area contributed by atoms with Gasteiger partial charge in [0.05, 0.1) is 18.2 Å². The number of halogens is 2. The van der Waals surface area contributed by atoms with Gasteiger partial charge in [0.1, 0.15) is 0 Å². The normalized spacial score (nSPS) is 20.4. The number of rotatable bonds is 5. The Bertz CT molecular complexity index is 577. The number of nitrogens with zero attached hydrogens (tertiary/aromatic N) is 2. The quantitative estimate of drug-likeness (QED) is 0.843. The van der Waals surface area contributed by atoms with E-state index in [1.54, 1.807) is 6.92 Å². The van der Waals surface area contributed by atoms with Crippen molar-refractivity contribution in [2.75, 3.05) is 33.2 Å². The first-order valence-electron chi connectivity index (χ1n) is 8.15. The largest absolute Gasteiger partial charge is 0.386 e. The van der Waals surface area contributed by atoms with E-state index in [9.17, 15) is 18.7 Å². The van der Waals surface area contributed by atoms with Crippen molar-refractivity contribution in [3.63, 3.8) is 0 Å².